The molecule has 74 valence electrons. The molecule has 2 rings (SSSR count). The average Bonchev–Trinajstić information content (AvgIpc) is 2.34. The van der Waals surface area contributed by atoms with Gasteiger partial charge in [-0.1, -0.05) is 6.07 Å². The van der Waals surface area contributed by atoms with E-state index in [0.29, 0.717) is 13.0 Å². The molecular formula is C11H13NO2. The van der Waals surface area contributed by atoms with Crippen LogP contribution >= 0.6 is 0 Å². The molecule has 0 unspecified atom stereocenters. The van der Waals surface area contributed by atoms with Crippen molar-refractivity contribution >= 4 is 11.6 Å². The Hall–Kier alpha value is -1.51. The number of amides is 1. The summed E-state index contributed by atoms with van der Waals surface area (Å²) in [7, 11) is 0. The molecule has 0 atom stereocenters. The standard InChI is InChI=1S/C11H13NO2/c1-7-3-4-9-11(8(7)2)12-10(13)5-6-14-9/h3-4H,5-6H2,1-2H3,(H,12,13). The maximum Gasteiger partial charge on any atom is 0.227 e. The fourth-order valence-electron chi connectivity index (χ4n) is 1.52. The number of carbonyl (C=O) groups is 1. The maximum atomic E-state index is 11.3. The van der Waals surface area contributed by atoms with Gasteiger partial charge in [0.2, 0.25) is 5.91 Å². The van der Waals surface area contributed by atoms with Crippen molar-refractivity contribution in [3.63, 3.8) is 0 Å². The molecule has 0 aromatic heterocycles. The van der Waals surface area contributed by atoms with E-state index in [2.05, 4.69) is 5.32 Å². The summed E-state index contributed by atoms with van der Waals surface area (Å²) in [5.74, 6) is 0.802. The van der Waals surface area contributed by atoms with Crippen molar-refractivity contribution in [3.05, 3.63) is 23.3 Å². The molecule has 3 heteroatoms. The van der Waals surface area contributed by atoms with Gasteiger partial charge in [0, 0.05) is 0 Å². The van der Waals surface area contributed by atoms with E-state index in [1.165, 1.54) is 0 Å². The molecule has 3 nitrogen and oxygen atoms in total. The zero-order chi connectivity index (χ0) is 10.1. The Morgan fingerprint density at radius 3 is 2.93 bits per heavy atom. The predicted octanol–water partition coefficient (Wildman–Crippen LogP) is 2.02. The van der Waals surface area contributed by atoms with Gasteiger partial charge in [-0.25, -0.2) is 0 Å². The number of anilines is 1. The number of benzene rings is 1. The van der Waals surface area contributed by atoms with Gasteiger partial charge >= 0.3 is 0 Å². The van der Waals surface area contributed by atoms with Crippen LogP contribution in [0.1, 0.15) is 17.5 Å². The quantitative estimate of drug-likeness (QED) is 0.681. The SMILES string of the molecule is Cc1ccc2c(c1C)NC(=O)CCO2. The van der Waals surface area contributed by atoms with E-state index in [0.717, 1.165) is 22.6 Å². The average molecular weight is 191 g/mol. The third-order valence-electron chi connectivity index (χ3n) is 2.55. The molecule has 1 aliphatic rings. The number of carbonyl (C=O) groups excluding carboxylic acids is 1. The number of aryl methyl sites for hydroxylation is 1. The molecule has 0 aliphatic carbocycles. The summed E-state index contributed by atoms with van der Waals surface area (Å²) in [6.07, 6.45) is 0.424. The molecule has 1 aromatic rings. The minimum absolute atomic E-state index is 0.0254. The zero-order valence-electron chi connectivity index (χ0n) is 8.39. The molecule has 0 fully saturated rings. The Morgan fingerprint density at radius 2 is 2.14 bits per heavy atom. The first kappa shape index (κ1) is 9.06. The van der Waals surface area contributed by atoms with Gasteiger partial charge in [-0.15, -0.1) is 0 Å². The van der Waals surface area contributed by atoms with Crippen LogP contribution in [-0.4, -0.2) is 12.5 Å². The van der Waals surface area contributed by atoms with Gasteiger partial charge in [0.1, 0.15) is 5.75 Å². The summed E-state index contributed by atoms with van der Waals surface area (Å²) < 4.78 is 5.47. The van der Waals surface area contributed by atoms with E-state index >= 15 is 0 Å². The van der Waals surface area contributed by atoms with Crippen LogP contribution < -0.4 is 10.1 Å². The number of nitrogens with one attached hydrogen (secondary N) is 1. The van der Waals surface area contributed by atoms with Gasteiger partial charge in [0.15, 0.2) is 0 Å². The van der Waals surface area contributed by atoms with E-state index < -0.39 is 0 Å². The van der Waals surface area contributed by atoms with Crippen LogP contribution in [0.5, 0.6) is 5.75 Å². The van der Waals surface area contributed by atoms with E-state index in [4.69, 9.17) is 4.74 Å². The Labute approximate surface area is 83.1 Å². The van der Waals surface area contributed by atoms with Gasteiger partial charge in [0.05, 0.1) is 18.7 Å². The lowest BCUT2D eigenvalue weighted by Crippen LogP contribution is -2.11. The maximum absolute atomic E-state index is 11.3. The summed E-state index contributed by atoms with van der Waals surface area (Å²) in [5.41, 5.74) is 3.07. The van der Waals surface area contributed by atoms with E-state index in [9.17, 15) is 4.79 Å². The molecule has 1 aliphatic heterocycles. The van der Waals surface area contributed by atoms with Gasteiger partial charge in [-0.3, -0.25) is 4.79 Å². The predicted molar refractivity (Wildman–Crippen MR) is 54.7 cm³/mol. The first-order chi connectivity index (χ1) is 6.68. The second-order valence-corrected chi connectivity index (χ2v) is 3.53. The van der Waals surface area contributed by atoms with Gasteiger partial charge < -0.3 is 10.1 Å². The van der Waals surface area contributed by atoms with Crippen LogP contribution in [0.2, 0.25) is 0 Å². The summed E-state index contributed by atoms with van der Waals surface area (Å²) >= 11 is 0. The molecule has 0 saturated carbocycles. The summed E-state index contributed by atoms with van der Waals surface area (Å²) in [5, 5.41) is 2.87. The molecule has 1 N–H and O–H groups in total. The van der Waals surface area contributed by atoms with Crippen LogP contribution in [0.4, 0.5) is 5.69 Å². The van der Waals surface area contributed by atoms with Crippen molar-refractivity contribution < 1.29 is 9.53 Å². The molecule has 0 bridgehead atoms. The normalized spacial score (nSPS) is 15.1. The monoisotopic (exact) mass is 191 g/mol. The largest absolute Gasteiger partial charge is 0.491 e. The van der Waals surface area contributed by atoms with E-state index in [-0.39, 0.29) is 5.91 Å². The number of hydrogen-bond donors (Lipinski definition) is 1. The molecule has 1 amide bonds. The van der Waals surface area contributed by atoms with Crippen molar-refractivity contribution in [1.82, 2.24) is 0 Å². The zero-order valence-corrected chi connectivity index (χ0v) is 8.39. The first-order valence-electron chi connectivity index (χ1n) is 4.71. The number of fused-ring (bicyclic) bond motifs is 1. The lowest BCUT2D eigenvalue weighted by atomic mass is 10.1. The topological polar surface area (TPSA) is 38.3 Å². The third-order valence-corrected chi connectivity index (χ3v) is 2.55. The number of hydrogen-bond acceptors (Lipinski definition) is 2. The van der Waals surface area contributed by atoms with Crippen LogP contribution in [0.3, 0.4) is 0 Å². The smallest absolute Gasteiger partial charge is 0.227 e. The third kappa shape index (κ3) is 1.45. The lowest BCUT2D eigenvalue weighted by molar-refractivity contribution is -0.116. The summed E-state index contributed by atoms with van der Waals surface area (Å²) in [6.45, 7) is 4.47. The molecule has 0 saturated heterocycles. The first-order valence-corrected chi connectivity index (χ1v) is 4.71. The highest BCUT2D eigenvalue weighted by atomic mass is 16.5. The van der Waals surface area contributed by atoms with Crippen LogP contribution in [0.25, 0.3) is 0 Å². The van der Waals surface area contributed by atoms with Crippen molar-refractivity contribution in [3.8, 4) is 5.75 Å². The van der Waals surface area contributed by atoms with Gasteiger partial charge in [0.25, 0.3) is 0 Å². The van der Waals surface area contributed by atoms with E-state index in [1.54, 1.807) is 0 Å². The molecule has 0 spiro atoms. The van der Waals surface area contributed by atoms with Crippen molar-refractivity contribution in [2.24, 2.45) is 0 Å². The Bertz CT molecular complexity index is 385. The molecule has 1 aromatic carbocycles. The minimum Gasteiger partial charge on any atom is -0.491 e. The van der Waals surface area contributed by atoms with Crippen molar-refractivity contribution in [2.45, 2.75) is 20.3 Å². The highest BCUT2D eigenvalue weighted by Gasteiger charge is 2.16. The summed E-state index contributed by atoms with van der Waals surface area (Å²) in [6, 6.07) is 3.91. The minimum atomic E-state index is 0.0254. The number of ether oxygens (including phenoxy) is 1. The second kappa shape index (κ2) is 3.33. The fraction of sp³-hybridized carbons (Fsp3) is 0.364. The molecular weight excluding hydrogens is 178 g/mol. The number of rotatable bonds is 0. The van der Waals surface area contributed by atoms with E-state index in [1.807, 2.05) is 26.0 Å². The van der Waals surface area contributed by atoms with Crippen LogP contribution in [0.15, 0.2) is 12.1 Å². The van der Waals surface area contributed by atoms with Crippen LogP contribution in [0, 0.1) is 13.8 Å². The fourth-order valence-corrected chi connectivity index (χ4v) is 1.52. The Balaban J connectivity index is 2.51. The van der Waals surface area contributed by atoms with Crippen molar-refractivity contribution in [2.75, 3.05) is 11.9 Å². The van der Waals surface area contributed by atoms with Gasteiger partial charge in [-0.2, -0.15) is 0 Å². The highest BCUT2D eigenvalue weighted by molar-refractivity contribution is 5.94. The molecule has 1 heterocycles. The lowest BCUT2D eigenvalue weighted by Gasteiger charge is -2.11. The van der Waals surface area contributed by atoms with Gasteiger partial charge in [-0.05, 0) is 31.0 Å². The second-order valence-electron chi connectivity index (χ2n) is 3.53. The summed E-state index contributed by atoms with van der Waals surface area (Å²) in [4.78, 5) is 11.3. The van der Waals surface area contributed by atoms with Crippen molar-refractivity contribution in [1.29, 1.82) is 0 Å². The highest BCUT2D eigenvalue weighted by Crippen LogP contribution is 2.32. The van der Waals surface area contributed by atoms with Crippen LogP contribution in [-0.2, 0) is 4.79 Å². The Kier molecular flexibility index (Phi) is 2.15. The molecule has 14 heavy (non-hydrogen) atoms. The molecule has 0 radical (unpaired) electrons. The Morgan fingerprint density at radius 1 is 1.36 bits per heavy atom.